The standard InChI is InChI=1S/C13H26O2/c1-6-12(9-11(4)5)13(14)15-8-7-10(2)3/h10-12H,6-9H2,1-5H3/t12-/m1/s1. The summed E-state index contributed by atoms with van der Waals surface area (Å²) in [6.07, 6.45) is 2.79. The number of carbonyl (C=O) groups excluding carboxylic acids is 1. The predicted octanol–water partition coefficient (Wildman–Crippen LogP) is 3.65. The number of hydrogen-bond donors (Lipinski definition) is 0. The molecule has 0 rings (SSSR count). The molecule has 0 aliphatic carbocycles. The highest BCUT2D eigenvalue weighted by Gasteiger charge is 2.18. The van der Waals surface area contributed by atoms with E-state index in [-0.39, 0.29) is 11.9 Å². The van der Waals surface area contributed by atoms with Gasteiger partial charge in [0.05, 0.1) is 12.5 Å². The molecule has 0 aromatic carbocycles. The van der Waals surface area contributed by atoms with Gasteiger partial charge in [0.25, 0.3) is 0 Å². The van der Waals surface area contributed by atoms with Gasteiger partial charge in [0.15, 0.2) is 0 Å². The lowest BCUT2D eigenvalue weighted by Gasteiger charge is -2.16. The maximum absolute atomic E-state index is 11.7. The van der Waals surface area contributed by atoms with Crippen LogP contribution in [0.3, 0.4) is 0 Å². The summed E-state index contributed by atoms with van der Waals surface area (Å²) in [4.78, 5) is 11.7. The normalized spacial score (nSPS) is 13.3. The third-order valence-electron chi connectivity index (χ3n) is 2.52. The van der Waals surface area contributed by atoms with Crippen LogP contribution < -0.4 is 0 Å². The number of rotatable bonds is 7. The highest BCUT2D eigenvalue weighted by atomic mass is 16.5. The molecule has 1 atom stereocenters. The average Bonchev–Trinajstić information content (AvgIpc) is 2.13. The zero-order valence-corrected chi connectivity index (χ0v) is 10.9. The largest absolute Gasteiger partial charge is 0.465 e. The Labute approximate surface area is 94.4 Å². The van der Waals surface area contributed by atoms with Crippen LogP contribution in [0.2, 0.25) is 0 Å². The lowest BCUT2D eigenvalue weighted by Crippen LogP contribution is -2.19. The zero-order chi connectivity index (χ0) is 11.8. The monoisotopic (exact) mass is 214 g/mol. The second-order valence-corrected chi connectivity index (χ2v) is 5.08. The summed E-state index contributed by atoms with van der Waals surface area (Å²) in [5.41, 5.74) is 0. The van der Waals surface area contributed by atoms with E-state index in [4.69, 9.17) is 4.74 Å². The van der Waals surface area contributed by atoms with E-state index < -0.39 is 0 Å². The van der Waals surface area contributed by atoms with Gasteiger partial charge >= 0.3 is 5.97 Å². The van der Waals surface area contributed by atoms with Gasteiger partial charge in [-0.3, -0.25) is 4.79 Å². The maximum atomic E-state index is 11.7. The van der Waals surface area contributed by atoms with Crippen LogP contribution in [0.4, 0.5) is 0 Å². The van der Waals surface area contributed by atoms with Gasteiger partial charge < -0.3 is 4.74 Å². The molecular weight excluding hydrogens is 188 g/mol. The van der Waals surface area contributed by atoms with Crippen molar-refractivity contribution in [3.63, 3.8) is 0 Å². The fourth-order valence-electron chi connectivity index (χ4n) is 1.51. The molecule has 0 aliphatic rings. The minimum absolute atomic E-state index is 0.00755. The first-order valence-electron chi connectivity index (χ1n) is 6.14. The third-order valence-corrected chi connectivity index (χ3v) is 2.52. The molecule has 0 spiro atoms. The van der Waals surface area contributed by atoms with Crippen LogP contribution in [-0.2, 0) is 9.53 Å². The lowest BCUT2D eigenvalue weighted by molar-refractivity contribution is -0.149. The molecule has 0 radical (unpaired) electrons. The highest BCUT2D eigenvalue weighted by molar-refractivity contribution is 5.72. The summed E-state index contributed by atoms with van der Waals surface area (Å²) in [5, 5.41) is 0. The fraction of sp³-hybridized carbons (Fsp3) is 0.923. The summed E-state index contributed by atoms with van der Waals surface area (Å²) in [6, 6.07) is 0. The zero-order valence-electron chi connectivity index (χ0n) is 10.9. The van der Waals surface area contributed by atoms with Crippen molar-refractivity contribution in [3.05, 3.63) is 0 Å². The first-order valence-corrected chi connectivity index (χ1v) is 6.14. The Balaban J connectivity index is 3.83. The van der Waals surface area contributed by atoms with Gasteiger partial charge in [-0.1, -0.05) is 34.6 Å². The lowest BCUT2D eigenvalue weighted by atomic mass is 9.95. The van der Waals surface area contributed by atoms with E-state index in [2.05, 4.69) is 34.6 Å². The Hall–Kier alpha value is -0.530. The molecule has 0 fully saturated rings. The van der Waals surface area contributed by atoms with Crippen LogP contribution >= 0.6 is 0 Å². The molecule has 0 saturated carbocycles. The molecule has 0 heterocycles. The Morgan fingerprint density at radius 3 is 2.13 bits per heavy atom. The van der Waals surface area contributed by atoms with E-state index in [1.165, 1.54) is 0 Å². The molecule has 15 heavy (non-hydrogen) atoms. The van der Waals surface area contributed by atoms with Gasteiger partial charge in [-0.25, -0.2) is 0 Å². The van der Waals surface area contributed by atoms with E-state index in [1.807, 2.05) is 0 Å². The van der Waals surface area contributed by atoms with Gasteiger partial charge in [0.1, 0.15) is 0 Å². The van der Waals surface area contributed by atoms with Crippen LogP contribution in [0, 0.1) is 17.8 Å². The van der Waals surface area contributed by atoms with Crippen LogP contribution in [0.5, 0.6) is 0 Å². The molecule has 90 valence electrons. The van der Waals surface area contributed by atoms with E-state index in [0.717, 1.165) is 19.3 Å². The number of esters is 1. The predicted molar refractivity (Wildman–Crippen MR) is 63.7 cm³/mol. The van der Waals surface area contributed by atoms with E-state index >= 15 is 0 Å². The topological polar surface area (TPSA) is 26.3 Å². The van der Waals surface area contributed by atoms with Crippen molar-refractivity contribution < 1.29 is 9.53 Å². The van der Waals surface area contributed by atoms with Gasteiger partial charge in [0.2, 0.25) is 0 Å². The molecule has 2 nitrogen and oxygen atoms in total. The summed E-state index contributed by atoms with van der Waals surface area (Å²) in [5.74, 6) is 1.25. The molecular formula is C13H26O2. The van der Waals surface area contributed by atoms with Crippen molar-refractivity contribution in [2.45, 2.75) is 53.9 Å². The molecule has 0 aromatic heterocycles. The Morgan fingerprint density at radius 1 is 1.13 bits per heavy atom. The Kier molecular flexibility index (Phi) is 7.45. The number of hydrogen-bond acceptors (Lipinski definition) is 2. The molecule has 0 amide bonds. The smallest absolute Gasteiger partial charge is 0.308 e. The van der Waals surface area contributed by atoms with Crippen molar-refractivity contribution in [2.24, 2.45) is 17.8 Å². The molecule has 0 N–H and O–H groups in total. The first-order chi connectivity index (χ1) is 6.97. The van der Waals surface area contributed by atoms with E-state index in [1.54, 1.807) is 0 Å². The fourth-order valence-corrected chi connectivity index (χ4v) is 1.51. The van der Waals surface area contributed by atoms with Crippen molar-refractivity contribution >= 4 is 5.97 Å². The van der Waals surface area contributed by atoms with Crippen LogP contribution in [0.25, 0.3) is 0 Å². The minimum atomic E-state index is -0.00755. The average molecular weight is 214 g/mol. The van der Waals surface area contributed by atoms with Crippen LogP contribution in [0.15, 0.2) is 0 Å². The van der Waals surface area contributed by atoms with Crippen molar-refractivity contribution in [3.8, 4) is 0 Å². The highest BCUT2D eigenvalue weighted by Crippen LogP contribution is 2.17. The molecule has 0 saturated heterocycles. The van der Waals surface area contributed by atoms with Crippen LogP contribution in [0.1, 0.15) is 53.9 Å². The molecule has 0 aromatic rings. The Bertz CT molecular complexity index is 173. The molecule has 0 unspecified atom stereocenters. The van der Waals surface area contributed by atoms with Gasteiger partial charge in [-0.05, 0) is 31.1 Å². The van der Waals surface area contributed by atoms with E-state index in [9.17, 15) is 4.79 Å². The van der Waals surface area contributed by atoms with Gasteiger partial charge in [-0.2, -0.15) is 0 Å². The number of ether oxygens (including phenoxy) is 1. The summed E-state index contributed by atoms with van der Waals surface area (Å²) < 4.78 is 5.27. The quantitative estimate of drug-likeness (QED) is 0.605. The SMILES string of the molecule is CC[C@H](CC(C)C)C(=O)OCCC(C)C. The number of carbonyl (C=O) groups is 1. The minimum Gasteiger partial charge on any atom is -0.465 e. The molecule has 2 heteroatoms. The van der Waals surface area contributed by atoms with Crippen molar-refractivity contribution in [1.29, 1.82) is 0 Å². The summed E-state index contributed by atoms with van der Waals surface area (Å²) in [6.45, 7) is 11.2. The third kappa shape index (κ3) is 7.40. The first kappa shape index (κ1) is 14.5. The van der Waals surface area contributed by atoms with Crippen molar-refractivity contribution in [2.75, 3.05) is 6.61 Å². The Morgan fingerprint density at radius 2 is 1.73 bits per heavy atom. The van der Waals surface area contributed by atoms with Gasteiger partial charge in [0, 0.05) is 0 Å². The van der Waals surface area contributed by atoms with Gasteiger partial charge in [-0.15, -0.1) is 0 Å². The second kappa shape index (κ2) is 7.72. The van der Waals surface area contributed by atoms with Crippen molar-refractivity contribution in [1.82, 2.24) is 0 Å². The second-order valence-electron chi connectivity index (χ2n) is 5.08. The summed E-state index contributed by atoms with van der Waals surface area (Å²) >= 11 is 0. The molecule has 0 aliphatic heterocycles. The van der Waals surface area contributed by atoms with Crippen LogP contribution in [-0.4, -0.2) is 12.6 Å². The maximum Gasteiger partial charge on any atom is 0.308 e. The molecule has 0 bridgehead atoms. The van der Waals surface area contributed by atoms with E-state index in [0.29, 0.717) is 18.4 Å². The summed E-state index contributed by atoms with van der Waals surface area (Å²) in [7, 11) is 0.